The van der Waals surface area contributed by atoms with E-state index < -0.39 is 0 Å². The van der Waals surface area contributed by atoms with Crippen LogP contribution < -0.4 is 0 Å². The van der Waals surface area contributed by atoms with Crippen molar-refractivity contribution in [2.45, 2.75) is 95.9 Å². The molecular weight excluding hydrogens is 366 g/mol. The topological polar surface area (TPSA) is 73.6 Å². The second-order valence-corrected chi connectivity index (χ2v) is 9.73. The fraction of sp³-hybridized carbons (Fsp3) is 0.870. The third kappa shape index (κ3) is 4.03. The Hall–Kier alpha value is -1.61. The Kier molecular flexibility index (Phi) is 6.15. The first-order valence-corrected chi connectivity index (χ1v) is 11.6. The fourth-order valence-corrected chi connectivity index (χ4v) is 6.61. The third-order valence-electron chi connectivity index (χ3n) is 7.93. The van der Waals surface area contributed by atoms with Gasteiger partial charge in [-0.25, -0.2) is 0 Å². The first-order chi connectivity index (χ1) is 14.0. The lowest BCUT2D eigenvalue weighted by atomic mass is 9.67. The van der Waals surface area contributed by atoms with Crippen LogP contribution >= 0.6 is 0 Å². The molecule has 4 fully saturated rings. The maximum Gasteiger partial charge on any atom is 0.252 e. The lowest BCUT2D eigenvalue weighted by Crippen LogP contribution is -2.68. The molecule has 6 unspecified atom stereocenters. The van der Waals surface area contributed by atoms with E-state index in [0.29, 0.717) is 25.0 Å². The van der Waals surface area contributed by atoms with Crippen molar-refractivity contribution in [2.75, 3.05) is 13.2 Å². The molecule has 2 saturated heterocycles. The van der Waals surface area contributed by atoms with Gasteiger partial charge in [-0.3, -0.25) is 9.59 Å². The average Bonchev–Trinajstić information content (AvgIpc) is 3.27. The molecule has 160 valence electrons. The van der Waals surface area contributed by atoms with E-state index in [-0.39, 0.29) is 42.0 Å². The molecule has 0 aromatic heterocycles. The second-order valence-electron chi connectivity index (χ2n) is 9.73. The van der Waals surface area contributed by atoms with Gasteiger partial charge in [0, 0.05) is 32.0 Å². The molecular formula is C23H35N3O3. The van der Waals surface area contributed by atoms with Crippen molar-refractivity contribution in [2.24, 2.45) is 17.8 Å². The quantitative estimate of drug-likeness (QED) is 0.713. The zero-order valence-corrected chi connectivity index (χ0v) is 17.9. The first kappa shape index (κ1) is 20.7. The van der Waals surface area contributed by atoms with Gasteiger partial charge < -0.3 is 14.5 Å². The summed E-state index contributed by atoms with van der Waals surface area (Å²) in [5, 5.41) is 9.39. The van der Waals surface area contributed by atoms with Crippen LogP contribution in [0.25, 0.3) is 0 Å². The molecule has 2 saturated carbocycles. The van der Waals surface area contributed by atoms with Crippen LogP contribution in [0.2, 0.25) is 0 Å². The standard InChI is InChI=1S/C23H35N3O3/c1-15-14-25(23(28)22-7-4-10-29-22)21-12-19(8-9-20(21)26(15)16(2)27)18-6-3-5-17(11-18)13-24/h15,17-22H,3-12,14H2,1-2H3/t15-,17?,18?,19?,20?,21?,22?/m0/s1. The summed E-state index contributed by atoms with van der Waals surface area (Å²) in [7, 11) is 0. The summed E-state index contributed by atoms with van der Waals surface area (Å²) in [5.41, 5.74) is 0. The number of amides is 2. The molecule has 0 bridgehead atoms. The second kappa shape index (κ2) is 8.63. The minimum atomic E-state index is -0.301. The molecule has 2 heterocycles. The monoisotopic (exact) mass is 401 g/mol. The smallest absolute Gasteiger partial charge is 0.252 e. The predicted octanol–water partition coefficient (Wildman–Crippen LogP) is 3.11. The molecule has 0 radical (unpaired) electrons. The summed E-state index contributed by atoms with van der Waals surface area (Å²) < 4.78 is 5.72. The van der Waals surface area contributed by atoms with Crippen LogP contribution in [0.4, 0.5) is 0 Å². The number of carbonyl (C=O) groups excluding carboxylic acids is 2. The molecule has 29 heavy (non-hydrogen) atoms. The van der Waals surface area contributed by atoms with Crippen LogP contribution in [-0.4, -0.2) is 59.0 Å². The molecule has 2 amide bonds. The number of nitriles is 1. The summed E-state index contributed by atoms with van der Waals surface area (Å²) in [6.07, 6.45) is 8.87. The van der Waals surface area contributed by atoms with Gasteiger partial charge in [-0.2, -0.15) is 5.26 Å². The van der Waals surface area contributed by atoms with E-state index in [1.807, 2.05) is 4.90 Å². The van der Waals surface area contributed by atoms with Gasteiger partial charge in [0.15, 0.2) is 0 Å². The van der Waals surface area contributed by atoms with Crippen molar-refractivity contribution < 1.29 is 14.3 Å². The molecule has 4 rings (SSSR count). The third-order valence-corrected chi connectivity index (χ3v) is 7.93. The van der Waals surface area contributed by atoms with Gasteiger partial charge in [0.05, 0.1) is 18.2 Å². The molecule has 4 aliphatic rings. The van der Waals surface area contributed by atoms with Crippen LogP contribution in [0.5, 0.6) is 0 Å². The van der Waals surface area contributed by atoms with E-state index in [2.05, 4.69) is 17.9 Å². The Balaban J connectivity index is 1.54. The highest BCUT2D eigenvalue weighted by Gasteiger charge is 2.48. The molecule has 0 aromatic carbocycles. The van der Waals surface area contributed by atoms with Gasteiger partial charge >= 0.3 is 0 Å². The maximum atomic E-state index is 13.3. The van der Waals surface area contributed by atoms with E-state index >= 15 is 0 Å². The largest absolute Gasteiger partial charge is 0.368 e. The van der Waals surface area contributed by atoms with Crippen molar-refractivity contribution in [3.8, 4) is 6.07 Å². The molecule has 0 N–H and O–H groups in total. The van der Waals surface area contributed by atoms with Crippen molar-refractivity contribution in [1.82, 2.24) is 9.80 Å². The number of hydrogen-bond acceptors (Lipinski definition) is 4. The molecule has 6 nitrogen and oxygen atoms in total. The summed E-state index contributed by atoms with van der Waals surface area (Å²) in [5.74, 6) is 1.58. The van der Waals surface area contributed by atoms with Gasteiger partial charge in [-0.15, -0.1) is 0 Å². The Bertz CT molecular complexity index is 669. The van der Waals surface area contributed by atoms with E-state index in [1.54, 1.807) is 6.92 Å². The van der Waals surface area contributed by atoms with Gasteiger partial charge in [0.1, 0.15) is 6.10 Å². The Labute approximate surface area is 174 Å². The summed E-state index contributed by atoms with van der Waals surface area (Å²) >= 11 is 0. The van der Waals surface area contributed by atoms with Crippen LogP contribution in [0, 0.1) is 29.1 Å². The summed E-state index contributed by atoms with van der Waals surface area (Å²) in [4.78, 5) is 29.8. The number of piperazine rings is 1. The molecule has 7 atom stereocenters. The highest BCUT2D eigenvalue weighted by atomic mass is 16.5. The van der Waals surface area contributed by atoms with E-state index in [1.165, 1.54) is 6.42 Å². The van der Waals surface area contributed by atoms with Gasteiger partial charge in [-0.05, 0) is 63.7 Å². The van der Waals surface area contributed by atoms with Crippen LogP contribution in [-0.2, 0) is 14.3 Å². The van der Waals surface area contributed by atoms with Gasteiger partial charge in [0.2, 0.25) is 5.91 Å². The highest BCUT2D eigenvalue weighted by molar-refractivity contribution is 5.82. The number of carbonyl (C=O) groups is 2. The predicted molar refractivity (Wildman–Crippen MR) is 109 cm³/mol. The summed E-state index contributed by atoms with van der Waals surface area (Å²) in [6.45, 7) is 5.01. The molecule has 6 heteroatoms. The van der Waals surface area contributed by atoms with Crippen LogP contribution in [0.1, 0.15) is 71.6 Å². The molecule has 0 spiro atoms. The fourth-order valence-electron chi connectivity index (χ4n) is 6.61. The van der Waals surface area contributed by atoms with Crippen molar-refractivity contribution >= 4 is 11.8 Å². The van der Waals surface area contributed by atoms with Crippen molar-refractivity contribution in [3.05, 3.63) is 0 Å². The minimum Gasteiger partial charge on any atom is -0.368 e. The van der Waals surface area contributed by atoms with E-state index in [0.717, 1.165) is 51.4 Å². The Morgan fingerprint density at radius 2 is 1.79 bits per heavy atom. The Morgan fingerprint density at radius 3 is 2.48 bits per heavy atom. The molecule has 0 aromatic rings. The maximum absolute atomic E-state index is 13.3. The number of fused-ring (bicyclic) bond motifs is 1. The minimum absolute atomic E-state index is 0.0494. The van der Waals surface area contributed by atoms with Crippen LogP contribution in [0.3, 0.4) is 0 Å². The van der Waals surface area contributed by atoms with Crippen molar-refractivity contribution in [3.63, 3.8) is 0 Å². The van der Waals surface area contributed by atoms with E-state index in [9.17, 15) is 14.9 Å². The zero-order valence-electron chi connectivity index (χ0n) is 17.9. The zero-order chi connectivity index (χ0) is 20.5. The Morgan fingerprint density at radius 1 is 1.00 bits per heavy atom. The number of ether oxygens (including phenoxy) is 1. The lowest BCUT2D eigenvalue weighted by molar-refractivity contribution is -0.160. The number of rotatable bonds is 2. The highest BCUT2D eigenvalue weighted by Crippen LogP contribution is 2.44. The molecule has 2 aliphatic heterocycles. The normalized spacial score (nSPS) is 40.2. The van der Waals surface area contributed by atoms with E-state index in [4.69, 9.17) is 4.74 Å². The average molecular weight is 402 g/mol. The SMILES string of the molecule is CC(=O)N1C2CCC(C3CCCC(C#N)C3)CC2N(C(=O)C2CCCO2)C[C@@H]1C. The number of nitrogens with zero attached hydrogens (tertiary/aromatic N) is 3. The lowest BCUT2D eigenvalue weighted by Gasteiger charge is -2.55. The first-order valence-electron chi connectivity index (χ1n) is 11.6. The summed E-state index contributed by atoms with van der Waals surface area (Å²) in [6, 6.07) is 2.75. The molecule has 2 aliphatic carbocycles. The van der Waals surface area contributed by atoms with Crippen LogP contribution in [0.15, 0.2) is 0 Å². The number of hydrogen-bond donors (Lipinski definition) is 0. The van der Waals surface area contributed by atoms with Gasteiger partial charge in [0.25, 0.3) is 5.91 Å². The van der Waals surface area contributed by atoms with Crippen molar-refractivity contribution in [1.29, 1.82) is 5.26 Å². The van der Waals surface area contributed by atoms with Gasteiger partial charge in [-0.1, -0.05) is 12.8 Å².